The van der Waals surface area contributed by atoms with E-state index in [1.54, 1.807) is 19.2 Å². The number of aliphatic hydroxyl groups is 1. The molecule has 0 bridgehead atoms. The van der Waals surface area contributed by atoms with E-state index in [-0.39, 0.29) is 24.7 Å². The SMILES string of the molecule is COC1CC(NC(=O)c2cccc(C#CCCO)c2)C1. The minimum atomic E-state index is -0.0737. The maximum absolute atomic E-state index is 12.1. The molecule has 1 saturated carbocycles. The van der Waals surface area contributed by atoms with E-state index < -0.39 is 0 Å². The summed E-state index contributed by atoms with van der Waals surface area (Å²) >= 11 is 0. The van der Waals surface area contributed by atoms with Crippen LogP contribution in [0.1, 0.15) is 35.2 Å². The van der Waals surface area contributed by atoms with Gasteiger partial charge in [-0.2, -0.15) is 0 Å². The van der Waals surface area contributed by atoms with Crippen LogP contribution in [0.3, 0.4) is 0 Å². The lowest BCUT2D eigenvalue weighted by Gasteiger charge is -2.34. The summed E-state index contributed by atoms with van der Waals surface area (Å²) in [6.07, 6.45) is 2.46. The highest BCUT2D eigenvalue weighted by Crippen LogP contribution is 2.22. The molecule has 1 aromatic rings. The van der Waals surface area contributed by atoms with E-state index in [0.717, 1.165) is 18.4 Å². The number of ether oxygens (including phenoxy) is 1. The predicted octanol–water partition coefficient (Wildman–Crippen LogP) is 1.33. The third-order valence-corrected chi connectivity index (χ3v) is 3.36. The molecule has 20 heavy (non-hydrogen) atoms. The van der Waals surface area contributed by atoms with Crippen molar-refractivity contribution >= 4 is 5.91 Å². The lowest BCUT2D eigenvalue weighted by molar-refractivity contribution is 0.0176. The van der Waals surface area contributed by atoms with Crippen LogP contribution >= 0.6 is 0 Å². The standard InChI is InChI=1S/C16H19NO3/c1-20-15-10-14(11-15)17-16(19)13-7-4-6-12(9-13)5-2-3-8-18/h4,6-7,9,14-15,18H,3,8,10-11H2,1H3,(H,17,19). The van der Waals surface area contributed by atoms with Gasteiger partial charge >= 0.3 is 0 Å². The van der Waals surface area contributed by atoms with Crippen molar-refractivity contribution < 1.29 is 14.6 Å². The molecule has 0 atom stereocenters. The van der Waals surface area contributed by atoms with E-state index in [9.17, 15) is 4.79 Å². The zero-order valence-corrected chi connectivity index (χ0v) is 11.6. The van der Waals surface area contributed by atoms with Gasteiger partial charge in [0.2, 0.25) is 0 Å². The molecule has 0 aliphatic heterocycles. The first-order chi connectivity index (χ1) is 9.72. The molecule has 0 spiro atoms. The molecule has 106 valence electrons. The Balaban J connectivity index is 1.93. The molecule has 0 saturated heterocycles. The quantitative estimate of drug-likeness (QED) is 0.814. The van der Waals surface area contributed by atoms with Gasteiger partial charge < -0.3 is 15.2 Å². The summed E-state index contributed by atoms with van der Waals surface area (Å²) in [6, 6.07) is 7.42. The van der Waals surface area contributed by atoms with Gasteiger partial charge in [-0.15, -0.1) is 0 Å². The average Bonchev–Trinajstić information content (AvgIpc) is 2.42. The van der Waals surface area contributed by atoms with Crippen molar-refractivity contribution in [1.29, 1.82) is 0 Å². The van der Waals surface area contributed by atoms with Crippen LogP contribution in [-0.2, 0) is 4.74 Å². The van der Waals surface area contributed by atoms with Gasteiger partial charge in [-0.3, -0.25) is 4.79 Å². The Bertz CT molecular complexity index is 524. The number of hydrogen-bond acceptors (Lipinski definition) is 3. The molecule has 1 amide bonds. The van der Waals surface area contributed by atoms with Crippen LogP contribution in [0.15, 0.2) is 24.3 Å². The Morgan fingerprint density at radius 2 is 2.30 bits per heavy atom. The van der Waals surface area contributed by atoms with Crippen molar-refractivity contribution in [3.05, 3.63) is 35.4 Å². The van der Waals surface area contributed by atoms with Gasteiger partial charge in [-0.05, 0) is 31.0 Å². The molecule has 2 rings (SSSR count). The molecule has 1 aromatic carbocycles. The van der Waals surface area contributed by atoms with Crippen molar-refractivity contribution in [2.24, 2.45) is 0 Å². The third kappa shape index (κ3) is 3.83. The molecule has 4 nitrogen and oxygen atoms in total. The highest BCUT2D eigenvalue weighted by atomic mass is 16.5. The Morgan fingerprint density at radius 1 is 1.50 bits per heavy atom. The minimum Gasteiger partial charge on any atom is -0.395 e. The molecule has 0 unspecified atom stereocenters. The Labute approximate surface area is 119 Å². The van der Waals surface area contributed by atoms with Gasteiger partial charge in [0.15, 0.2) is 0 Å². The van der Waals surface area contributed by atoms with E-state index in [2.05, 4.69) is 17.2 Å². The molecule has 2 N–H and O–H groups in total. The molecule has 0 heterocycles. The monoisotopic (exact) mass is 273 g/mol. The average molecular weight is 273 g/mol. The first kappa shape index (κ1) is 14.6. The number of methoxy groups -OCH3 is 1. The van der Waals surface area contributed by atoms with Gasteiger partial charge in [-0.1, -0.05) is 17.9 Å². The highest BCUT2D eigenvalue weighted by molar-refractivity contribution is 5.94. The molecular formula is C16H19NO3. The summed E-state index contributed by atoms with van der Waals surface area (Å²) < 4.78 is 5.19. The number of aliphatic hydroxyl groups excluding tert-OH is 1. The van der Waals surface area contributed by atoms with Gasteiger partial charge in [0, 0.05) is 30.7 Å². The molecule has 1 aliphatic rings. The lowest BCUT2D eigenvalue weighted by Crippen LogP contribution is -2.47. The van der Waals surface area contributed by atoms with Crippen LogP contribution in [0.4, 0.5) is 0 Å². The van der Waals surface area contributed by atoms with E-state index in [4.69, 9.17) is 9.84 Å². The van der Waals surface area contributed by atoms with Crippen molar-refractivity contribution in [2.75, 3.05) is 13.7 Å². The second-order valence-corrected chi connectivity index (χ2v) is 4.86. The molecule has 1 fully saturated rings. The van der Waals surface area contributed by atoms with Crippen molar-refractivity contribution in [3.8, 4) is 11.8 Å². The smallest absolute Gasteiger partial charge is 0.251 e. The summed E-state index contributed by atoms with van der Waals surface area (Å²) in [5.41, 5.74) is 1.40. The zero-order valence-electron chi connectivity index (χ0n) is 11.6. The second kappa shape index (κ2) is 7.09. The zero-order chi connectivity index (χ0) is 14.4. The summed E-state index contributed by atoms with van der Waals surface area (Å²) in [7, 11) is 1.69. The van der Waals surface area contributed by atoms with Crippen LogP contribution in [0, 0.1) is 11.8 Å². The number of amides is 1. The summed E-state index contributed by atoms with van der Waals surface area (Å²) in [5, 5.41) is 11.7. The Hall–Kier alpha value is -1.83. The predicted molar refractivity (Wildman–Crippen MR) is 76.3 cm³/mol. The number of benzene rings is 1. The van der Waals surface area contributed by atoms with E-state index in [0.29, 0.717) is 12.0 Å². The number of nitrogens with one attached hydrogen (secondary N) is 1. The van der Waals surface area contributed by atoms with Crippen molar-refractivity contribution in [3.63, 3.8) is 0 Å². The number of hydrogen-bond donors (Lipinski definition) is 2. The van der Waals surface area contributed by atoms with E-state index in [1.165, 1.54) is 0 Å². The van der Waals surface area contributed by atoms with Crippen molar-refractivity contribution in [2.45, 2.75) is 31.4 Å². The van der Waals surface area contributed by atoms with Crippen LogP contribution in [0.25, 0.3) is 0 Å². The van der Waals surface area contributed by atoms with Crippen LogP contribution in [-0.4, -0.2) is 36.9 Å². The van der Waals surface area contributed by atoms with Gasteiger partial charge in [0.25, 0.3) is 5.91 Å². The van der Waals surface area contributed by atoms with Crippen LogP contribution in [0.5, 0.6) is 0 Å². The molecule has 4 heteroatoms. The van der Waals surface area contributed by atoms with Crippen molar-refractivity contribution in [1.82, 2.24) is 5.32 Å². The Kier molecular flexibility index (Phi) is 5.16. The number of carbonyl (C=O) groups excluding carboxylic acids is 1. The first-order valence-corrected chi connectivity index (χ1v) is 6.76. The summed E-state index contributed by atoms with van der Waals surface area (Å²) in [6.45, 7) is 0.0511. The molecule has 0 radical (unpaired) electrons. The minimum absolute atomic E-state index is 0.0511. The fraction of sp³-hybridized carbons (Fsp3) is 0.438. The molecule has 0 aromatic heterocycles. The van der Waals surface area contributed by atoms with Crippen LogP contribution in [0.2, 0.25) is 0 Å². The van der Waals surface area contributed by atoms with E-state index in [1.807, 2.05) is 12.1 Å². The first-order valence-electron chi connectivity index (χ1n) is 6.76. The fourth-order valence-corrected chi connectivity index (χ4v) is 2.10. The largest absolute Gasteiger partial charge is 0.395 e. The lowest BCUT2D eigenvalue weighted by atomic mass is 9.89. The third-order valence-electron chi connectivity index (χ3n) is 3.36. The highest BCUT2D eigenvalue weighted by Gasteiger charge is 2.30. The van der Waals surface area contributed by atoms with E-state index >= 15 is 0 Å². The topological polar surface area (TPSA) is 58.6 Å². The maximum Gasteiger partial charge on any atom is 0.251 e. The number of rotatable bonds is 4. The molecular weight excluding hydrogens is 254 g/mol. The normalized spacial score (nSPS) is 20.5. The maximum atomic E-state index is 12.1. The van der Waals surface area contributed by atoms with Gasteiger partial charge in [0.1, 0.15) is 0 Å². The summed E-state index contributed by atoms with van der Waals surface area (Å²) in [4.78, 5) is 12.1. The van der Waals surface area contributed by atoms with Gasteiger partial charge in [-0.25, -0.2) is 0 Å². The van der Waals surface area contributed by atoms with Gasteiger partial charge in [0.05, 0.1) is 12.7 Å². The number of carbonyl (C=O) groups is 1. The fourth-order valence-electron chi connectivity index (χ4n) is 2.10. The molecule has 1 aliphatic carbocycles. The Morgan fingerprint density at radius 3 is 3.00 bits per heavy atom. The second-order valence-electron chi connectivity index (χ2n) is 4.86. The van der Waals surface area contributed by atoms with Crippen LogP contribution < -0.4 is 5.32 Å². The summed E-state index contributed by atoms with van der Waals surface area (Å²) in [5.74, 6) is 5.70.